The van der Waals surface area contributed by atoms with E-state index < -0.39 is 11.6 Å². The Morgan fingerprint density at radius 2 is 1.71 bits per heavy atom. The summed E-state index contributed by atoms with van der Waals surface area (Å²) >= 11 is 5.40. The fraction of sp³-hybridized carbons (Fsp3) is 0.304. The summed E-state index contributed by atoms with van der Waals surface area (Å²) in [6, 6.07) is 9.12. The van der Waals surface area contributed by atoms with E-state index >= 15 is 0 Å². The number of hydrogen-bond acceptors (Lipinski definition) is 6. The van der Waals surface area contributed by atoms with Crippen LogP contribution >= 0.6 is 12.2 Å². The Morgan fingerprint density at radius 3 is 2.35 bits per heavy atom. The molecule has 1 aliphatic heterocycles. The van der Waals surface area contributed by atoms with Crippen LogP contribution in [0, 0.1) is 18.6 Å². The summed E-state index contributed by atoms with van der Waals surface area (Å²) in [5.41, 5.74) is 4.42. The zero-order valence-corrected chi connectivity index (χ0v) is 18.7. The van der Waals surface area contributed by atoms with E-state index in [1.165, 1.54) is 4.57 Å². The molecular formula is C23H25N3O4S. The second-order valence-corrected chi connectivity index (χ2v) is 8.11. The molecular weight excluding hydrogens is 414 g/mol. The van der Waals surface area contributed by atoms with Gasteiger partial charge in [0.25, 0.3) is 5.56 Å². The van der Waals surface area contributed by atoms with Crippen LogP contribution in [0.15, 0.2) is 35.1 Å². The number of aromatic nitrogens is 2. The van der Waals surface area contributed by atoms with E-state index in [2.05, 4.69) is 10.3 Å². The Bertz CT molecular complexity index is 1260. The number of nitrogens with one attached hydrogen (secondary N) is 2. The van der Waals surface area contributed by atoms with Gasteiger partial charge < -0.3 is 19.9 Å². The highest BCUT2D eigenvalue weighted by Gasteiger charge is 2.30. The van der Waals surface area contributed by atoms with Gasteiger partial charge in [-0.05, 0) is 79.0 Å². The fourth-order valence-corrected chi connectivity index (χ4v) is 4.54. The monoisotopic (exact) mass is 439 g/mol. The molecule has 7 nitrogen and oxygen atoms in total. The van der Waals surface area contributed by atoms with E-state index in [0.717, 1.165) is 28.7 Å². The minimum absolute atomic E-state index is 0.139. The van der Waals surface area contributed by atoms with Crippen LogP contribution in [0.3, 0.4) is 0 Å². The third kappa shape index (κ3) is 3.73. The van der Waals surface area contributed by atoms with Gasteiger partial charge in [-0.15, -0.1) is 0 Å². The van der Waals surface area contributed by atoms with Crippen molar-refractivity contribution in [3.05, 3.63) is 73.3 Å². The highest BCUT2D eigenvalue weighted by Crippen LogP contribution is 2.38. The lowest BCUT2D eigenvalue weighted by atomic mass is 9.90. The lowest BCUT2D eigenvalue weighted by molar-refractivity contribution is 0.352. The molecule has 0 unspecified atom stereocenters. The van der Waals surface area contributed by atoms with Crippen LogP contribution < -0.4 is 20.3 Å². The summed E-state index contributed by atoms with van der Waals surface area (Å²) < 4.78 is 12.5. The largest absolute Gasteiger partial charge is 0.494 e. The zero-order chi connectivity index (χ0) is 22.3. The molecule has 3 N–H and O–H groups in total. The lowest BCUT2D eigenvalue weighted by Gasteiger charge is -2.29. The van der Waals surface area contributed by atoms with Crippen molar-refractivity contribution in [3.8, 4) is 23.1 Å². The average molecular weight is 440 g/mol. The highest BCUT2D eigenvalue weighted by atomic mass is 32.1. The minimum Gasteiger partial charge on any atom is -0.494 e. The molecule has 0 spiro atoms. The molecule has 2 heterocycles. The second-order valence-electron chi connectivity index (χ2n) is 7.72. The van der Waals surface area contributed by atoms with Crippen LogP contribution in [0.1, 0.15) is 33.9 Å². The van der Waals surface area contributed by atoms with Crippen molar-refractivity contribution in [3.63, 3.8) is 0 Å². The maximum absolute atomic E-state index is 13.0. The first-order chi connectivity index (χ1) is 14.8. The summed E-state index contributed by atoms with van der Waals surface area (Å²) in [6.45, 7) is 4.59. The summed E-state index contributed by atoms with van der Waals surface area (Å²) in [5, 5.41) is 14.6. The van der Waals surface area contributed by atoms with Crippen molar-refractivity contribution in [1.29, 1.82) is 0 Å². The van der Waals surface area contributed by atoms with Crippen molar-refractivity contribution in [2.75, 3.05) is 20.8 Å². The van der Waals surface area contributed by atoms with Crippen molar-refractivity contribution in [2.45, 2.75) is 26.3 Å². The summed E-state index contributed by atoms with van der Waals surface area (Å²) in [7, 11) is 3.16. The number of aromatic amines is 1. The Labute approximate surface area is 185 Å². The topological polar surface area (TPSA) is 88.5 Å². The first kappa shape index (κ1) is 21.1. The predicted octanol–water partition coefficient (Wildman–Crippen LogP) is 3.47. The van der Waals surface area contributed by atoms with Crippen molar-refractivity contribution in [1.82, 2.24) is 14.9 Å². The first-order valence-corrected chi connectivity index (χ1v) is 10.4. The van der Waals surface area contributed by atoms with Crippen LogP contribution in [0.2, 0.25) is 0 Å². The maximum atomic E-state index is 13.0. The van der Waals surface area contributed by atoms with Gasteiger partial charge in [0, 0.05) is 6.54 Å². The van der Waals surface area contributed by atoms with Gasteiger partial charge in [-0.25, -0.2) is 0 Å². The number of hydrogen-bond donors (Lipinski definition) is 3. The Balaban J connectivity index is 1.95. The molecule has 31 heavy (non-hydrogen) atoms. The van der Waals surface area contributed by atoms with E-state index in [1.807, 2.05) is 44.2 Å². The molecule has 0 aliphatic carbocycles. The summed E-state index contributed by atoms with van der Waals surface area (Å²) in [6.07, 6.45) is 0.765. The van der Waals surface area contributed by atoms with Crippen molar-refractivity contribution in [2.24, 2.45) is 0 Å². The zero-order valence-electron chi connectivity index (χ0n) is 17.9. The first-order valence-electron chi connectivity index (χ1n) is 9.99. The van der Waals surface area contributed by atoms with Gasteiger partial charge in [0.15, 0.2) is 16.3 Å². The number of aryl methyl sites for hydroxylation is 2. The molecule has 4 rings (SSSR count). The molecule has 0 bridgehead atoms. The third-order valence-corrected chi connectivity index (χ3v) is 5.86. The normalized spacial score (nSPS) is 15.4. The van der Waals surface area contributed by atoms with Gasteiger partial charge in [0.1, 0.15) is 0 Å². The molecule has 2 aromatic carbocycles. The smallest absolute Gasteiger partial charge is 0.260 e. The van der Waals surface area contributed by atoms with Gasteiger partial charge in [-0.2, -0.15) is 0 Å². The van der Waals surface area contributed by atoms with Gasteiger partial charge >= 0.3 is 0 Å². The van der Waals surface area contributed by atoms with Crippen LogP contribution in [-0.2, 0) is 6.42 Å². The maximum Gasteiger partial charge on any atom is 0.260 e. The molecule has 0 saturated heterocycles. The van der Waals surface area contributed by atoms with Gasteiger partial charge in [-0.3, -0.25) is 14.3 Å². The molecule has 0 saturated carbocycles. The molecule has 1 aromatic heterocycles. The van der Waals surface area contributed by atoms with Gasteiger partial charge in [0.05, 0.1) is 31.5 Å². The Morgan fingerprint density at radius 1 is 1.06 bits per heavy atom. The number of methoxy groups -OCH3 is 2. The Hall–Kier alpha value is -3.10. The molecule has 1 aliphatic rings. The predicted molar refractivity (Wildman–Crippen MR) is 121 cm³/mol. The fourth-order valence-electron chi connectivity index (χ4n) is 4.26. The van der Waals surface area contributed by atoms with E-state index in [-0.39, 0.29) is 16.2 Å². The van der Waals surface area contributed by atoms with Crippen LogP contribution in [0.25, 0.3) is 5.69 Å². The number of H-pyrrole nitrogens is 1. The van der Waals surface area contributed by atoms with Gasteiger partial charge in [0.2, 0.25) is 5.88 Å². The van der Waals surface area contributed by atoms with Gasteiger partial charge in [-0.1, -0.05) is 6.07 Å². The van der Waals surface area contributed by atoms with E-state index in [9.17, 15) is 9.90 Å². The number of benzene rings is 2. The molecule has 162 valence electrons. The molecule has 1 atom stereocenters. The number of aromatic hydroxyl groups is 1. The quantitative estimate of drug-likeness (QED) is 0.540. The standard InChI is InChI=1S/C23H25N3O4S/c1-12-7-13(2)9-15(8-12)26-22(28)19(21(27)25-23(26)31)20-16-11-18(30-4)17(29-3)10-14(16)5-6-24-20/h7-11,20,24,28H,5-6H2,1-4H3,(H,25,27,31)/t20-/m1/s1. The summed E-state index contributed by atoms with van der Waals surface area (Å²) in [5.74, 6) is 1.01. The molecule has 0 amide bonds. The minimum atomic E-state index is -0.528. The molecule has 0 radical (unpaired) electrons. The SMILES string of the molecule is COc1cc2c(cc1OC)[C@H](c1c(O)n(-c3cc(C)cc(C)c3)c(=S)[nH]c1=O)NCC2. The van der Waals surface area contributed by atoms with Crippen LogP contribution in [-0.4, -0.2) is 35.4 Å². The van der Waals surface area contributed by atoms with E-state index in [4.69, 9.17) is 21.7 Å². The Kier molecular flexibility index (Phi) is 5.60. The van der Waals surface area contributed by atoms with E-state index in [1.54, 1.807) is 14.2 Å². The second kappa shape index (κ2) is 8.20. The average Bonchev–Trinajstić information content (AvgIpc) is 2.71. The highest BCUT2D eigenvalue weighted by molar-refractivity contribution is 7.71. The molecule has 3 aromatic rings. The number of ether oxygens (including phenoxy) is 2. The molecule has 8 heteroatoms. The summed E-state index contributed by atoms with van der Waals surface area (Å²) in [4.78, 5) is 15.7. The van der Waals surface area contributed by atoms with Crippen LogP contribution in [0.5, 0.6) is 17.4 Å². The lowest BCUT2D eigenvalue weighted by Crippen LogP contribution is -2.35. The number of rotatable bonds is 4. The number of nitrogens with zero attached hydrogens (tertiary/aromatic N) is 1. The van der Waals surface area contributed by atoms with Crippen molar-refractivity contribution >= 4 is 12.2 Å². The van der Waals surface area contributed by atoms with Crippen molar-refractivity contribution < 1.29 is 14.6 Å². The van der Waals surface area contributed by atoms with E-state index in [0.29, 0.717) is 23.7 Å². The third-order valence-electron chi connectivity index (χ3n) is 5.57. The number of fused-ring (bicyclic) bond motifs is 1. The van der Waals surface area contributed by atoms with Crippen LogP contribution in [0.4, 0.5) is 0 Å². The molecule has 0 fully saturated rings.